The van der Waals surface area contributed by atoms with Crippen LogP contribution >= 0.6 is 24.0 Å². The number of hydrogen-bond acceptors (Lipinski definition) is 4. The summed E-state index contributed by atoms with van der Waals surface area (Å²) in [6.07, 6.45) is 1.74. The van der Waals surface area contributed by atoms with Gasteiger partial charge >= 0.3 is 5.97 Å². The second-order valence-electron chi connectivity index (χ2n) is 5.65. The van der Waals surface area contributed by atoms with Gasteiger partial charge in [0.2, 0.25) is 0 Å². The SMILES string of the molecule is O=C(O)[C@@H](Cc1ccccc1)N1C(=O)/C(=C/c2ccc(F)cc2)SC1=S. The Balaban J connectivity index is 1.86. The van der Waals surface area contributed by atoms with E-state index >= 15 is 0 Å². The molecule has 0 aromatic heterocycles. The van der Waals surface area contributed by atoms with E-state index in [1.807, 2.05) is 30.3 Å². The number of carboxylic acids is 1. The van der Waals surface area contributed by atoms with E-state index < -0.39 is 17.9 Å². The predicted molar refractivity (Wildman–Crippen MR) is 103 cm³/mol. The Hall–Kier alpha value is -2.51. The molecule has 26 heavy (non-hydrogen) atoms. The molecule has 0 spiro atoms. The van der Waals surface area contributed by atoms with Crippen molar-refractivity contribution < 1.29 is 19.1 Å². The topological polar surface area (TPSA) is 57.6 Å². The van der Waals surface area contributed by atoms with E-state index in [2.05, 4.69) is 0 Å². The van der Waals surface area contributed by atoms with Gasteiger partial charge in [0.05, 0.1) is 4.91 Å². The molecule has 1 atom stereocenters. The van der Waals surface area contributed by atoms with Crippen molar-refractivity contribution in [2.24, 2.45) is 0 Å². The molecule has 1 amide bonds. The summed E-state index contributed by atoms with van der Waals surface area (Å²) < 4.78 is 13.2. The number of thiocarbonyl (C=S) groups is 1. The Morgan fingerprint density at radius 2 is 1.85 bits per heavy atom. The average Bonchev–Trinajstić information content (AvgIpc) is 2.89. The maximum atomic E-state index is 13.0. The molecule has 3 rings (SSSR count). The summed E-state index contributed by atoms with van der Waals surface area (Å²) in [6, 6.07) is 13.7. The number of thioether (sulfide) groups is 1. The van der Waals surface area contributed by atoms with Crippen LogP contribution in [0.25, 0.3) is 6.08 Å². The van der Waals surface area contributed by atoms with Crippen molar-refractivity contribution in [3.8, 4) is 0 Å². The lowest BCUT2D eigenvalue weighted by Gasteiger charge is -2.23. The van der Waals surface area contributed by atoms with Gasteiger partial charge in [0, 0.05) is 6.42 Å². The minimum atomic E-state index is -1.12. The standard InChI is InChI=1S/C19H14FNO3S2/c20-14-8-6-13(7-9-14)11-16-17(22)21(19(25)26-16)15(18(23)24)10-12-4-2-1-3-5-12/h1-9,11,15H,10H2,(H,23,24)/b16-11-/t15-/m1/s1. The van der Waals surface area contributed by atoms with Crippen molar-refractivity contribution in [1.29, 1.82) is 0 Å². The summed E-state index contributed by atoms with van der Waals surface area (Å²) in [7, 11) is 0. The van der Waals surface area contributed by atoms with E-state index in [9.17, 15) is 19.1 Å². The molecule has 2 aromatic rings. The zero-order valence-electron chi connectivity index (χ0n) is 13.5. The molecule has 1 saturated heterocycles. The van der Waals surface area contributed by atoms with Gasteiger partial charge in [0.25, 0.3) is 5.91 Å². The molecule has 1 aliphatic rings. The van der Waals surface area contributed by atoms with Crippen molar-refractivity contribution in [3.05, 3.63) is 76.4 Å². The number of halogens is 1. The number of carbonyl (C=O) groups is 2. The minimum Gasteiger partial charge on any atom is -0.480 e. The average molecular weight is 387 g/mol. The molecular weight excluding hydrogens is 373 g/mol. The maximum absolute atomic E-state index is 13.0. The van der Waals surface area contributed by atoms with Gasteiger partial charge in [-0.05, 0) is 29.3 Å². The lowest BCUT2D eigenvalue weighted by Crippen LogP contribution is -2.45. The van der Waals surface area contributed by atoms with Gasteiger partial charge in [0.15, 0.2) is 0 Å². The van der Waals surface area contributed by atoms with Crippen LogP contribution in [0, 0.1) is 5.82 Å². The van der Waals surface area contributed by atoms with E-state index in [0.717, 1.165) is 22.2 Å². The number of amides is 1. The number of aliphatic carboxylic acids is 1. The summed E-state index contributed by atoms with van der Waals surface area (Å²) in [5, 5.41) is 9.61. The second-order valence-corrected chi connectivity index (χ2v) is 7.32. The van der Waals surface area contributed by atoms with Crippen LogP contribution in [0.3, 0.4) is 0 Å². The van der Waals surface area contributed by atoms with E-state index in [4.69, 9.17) is 12.2 Å². The largest absolute Gasteiger partial charge is 0.480 e. The fourth-order valence-electron chi connectivity index (χ4n) is 2.59. The highest BCUT2D eigenvalue weighted by molar-refractivity contribution is 8.26. The van der Waals surface area contributed by atoms with Crippen molar-refractivity contribution in [3.63, 3.8) is 0 Å². The summed E-state index contributed by atoms with van der Waals surface area (Å²) in [6.45, 7) is 0. The number of nitrogens with zero attached hydrogens (tertiary/aromatic N) is 1. The smallest absolute Gasteiger partial charge is 0.327 e. The first-order chi connectivity index (χ1) is 12.5. The molecule has 0 aliphatic carbocycles. The summed E-state index contributed by atoms with van der Waals surface area (Å²) in [5.41, 5.74) is 1.44. The van der Waals surface area contributed by atoms with Crippen LogP contribution in [0.2, 0.25) is 0 Å². The Kier molecular flexibility index (Phi) is 5.49. The summed E-state index contributed by atoms with van der Waals surface area (Å²) >= 11 is 6.30. The molecule has 4 nitrogen and oxygen atoms in total. The monoisotopic (exact) mass is 387 g/mol. The molecule has 0 saturated carbocycles. The quantitative estimate of drug-likeness (QED) is 0.626. The van der Waals surface area contributed by atoms with Crippen molar-refractivity contribution in [2.45, 2.75) is 12.5 Å². The highest BCUT2D eigenvalue weighted by atomic mass is 32.2. The molecular formula is C19H14FNO3S2. The van der Waals surface area contributed by atoms with Crippen molar-refractivity contribution in [1.82, 2.24) is 4.90 Å². The van der Waals surface area contributed by atoms with Crippen molar-refractivity contribution in [2.75, 3.05) is 0 Å². The van der Waals surface area contributed by atoms with E-state index in [-0.39, 0.29) is 16.6 Å². The van der Waals surface area contributed by atoms with Crippen LogP contribution in [-0.4, -0.2) is 32.2 Å². The van der Waals surface area contributed by atoms with E-state index in [1.54, 1.807) is 18.2 Å². The van der Waals surface area contributed by atoms with Gasteiger partial charge < -0.3 is 5.11 Å². The van der Waals surface area contributed by atoms with Gasteiger partial charge in [-0.2, -0.15) is 0 Å². The Bertz CT molecular complexity index is 881. The third-order valence-electron chi connectivity index (χ3n) is 3.86. The predicted octanol–water partition coefficient (Wildman–Crippen LogP) is 3.72. The molecule has 1 aliphatic heterocycles. The van der Waals surface area contributed by atoms with Crippen LogP contribution in [0.15, 0.2) is 59.5 Å². The molecule has 1 fully saturated rings. The molecule has 0 unspecified atom stereocenters. The molecule has 2 aromatic carbocycles. The maximum Gasteiger partial charge on any atom is 0.327 e. The van der Waals surface area contributed by atoms with Crippen molar-refractivity contribution >= 4 is 46.3 Å². The minimum absolute atomic E-state index is 0.159. The Morgan fingerprint density at radius 1 is 1.19 bits per heavy atom. The number of rotatable bonds is 5. The van der Waals surface area contributed by atoms with Crippen LogP contribution in [0.5, 0.6) is 0 Å². The highest BCUT2D eigenvalue weighted by Gasteiger charge is 2.40. The third-order valence-corrected chi connectivity index (χ3v) is 5.19. The molecule has 132 valence electrons. The van der Waals surface area contributed by atoms with Crippen LogP contribution in [-0.2, 0) is 16.0 Å². The number of hydrogen-bond donors (Lipinski definition) is 1. The van der Waals surface area contributed by atoms with Gasteiger partial charge in [0.1, 0.15) is 16.2 Å². The van der Waals surface area contributed by atoms with Crippen LogP contribution < -0.4 is 0 Å². The molecule has 7 heteroatoms. The molecule has 0 radical (unpaired) electrons. The van der Waals surface area contributed by atoms with Gasteiger partial charge in [-0.25, -0.2) is 9.18 Å². The number of carboxylic acid groups (broad SMARTS) is 1. The lowest BCUT2D eigenvalue weighted by molar-refractivity contribution is -0.145. The second kappa shape index (κ2) is 7.80. The van der Waals surface area contributed by atoms with Crippen LogP contribution in [0.4, 0.5) is 4.39 Å². The van der Waals surface area contributed by atoms with Gasteiger partial charge in [-0.1, -0.05) is 66.4 Å². The number of benzene rings is 2. The lowest BCUT2D eigenvalue weighted by atomic mass is 10.0. The first kappa shape index (κ1) is 18.3. The first-order valence-electron chi connectivity index (χ1n) is 7.75. The Morgan fingerprint density at radius 3 is 2.46 bits per heavy atom. The first-order valence-corrected chi connectivity index (χ1v) is 8.97. The zero-order valence-corrected chi connectivity index (χ0v) is 15.1. The molecule has 1 heterocycles. The fourth-order valence-corrected chi connectivity index (χ4v) is 3.94. The highest BCUT2D eigenvalue weighted by Crippen LogP contribution is 2.34. The Labute approximate surface area is 159 Å². The fraction of sp³-hybridized carbons (Fsp3) is 0.105. The summed E-state index contributed by atoms with van der Waals surface area (Å²) in [5.74, 6) is -1.94. The molecule has 0 bridgehead atoms. The van der Waals surface area contributed by atoms with E-state index in [0.29, 0.717) is 10.5 Å². The normalized spacial score (nSPS) is 17.0. The third kappa shape index (κ3) is 4.00. The summed E-state index contributed by atoms with van der Waals surface area (Å²) in [4.78, 5) is 26.0. The van der Waals surface area contributed by atoms with Gasteiger partial charge in [-0.3, -0.25) is 9.69 Å². The zero-order chi connectivity index (χ0) is 18.7. The van der Waals surface area contributed by atoms with Crippen LogP contribution in [0.1, 0.15) is 11.1 Å². The van der Waals surface area contributed by atoms with Gasteiger partial charge in [-0.15, -0.1) is 0 Å². The molecule has 1 N–H and O–H groups in total. The van der Waals surface area contributed by atoms with E-state index in [1.165, 1.54) is 12.1 Å². The number of carbonyl (C=O) groups excluding carboxylic acids is 1.